The Bertz CT molecular complexity index is 567. The molecule has 2 heterocycles. The van der Waals surface area contributed by atoms with Crippen LogP contribution in [-0.4, -0.2) is 20.3 Å². The average Bonchev–Trinajstić information content (AvgIpc) is 2.70. The number of hydrogen-bond donors (Lipinski definition) is 1. The Kier molecular flexibility index (Phi) is 4.60. The SMILES string of the molecule is Cc1c(CNC(C)(C)C)cnn1Cc1ccc(Br)cn1. The van der Waals surface area contributed by atoms with Crippen LogP contribution in [0.25, 0.3) is 0 Å². The van der Waals surface area contributed by atoms with Crippen LogP contribution in [0.5, 0.6) is 0 Å². The highest BCUT2D eigenvalue weighted by molar-refractivity contribution is 9.10. The number of pyridine rings is 1. The molecule has 5 heteroatoms. The van der Waals surface area contributed by atoms with Crippen LogP contribution in [0.3, 0.4) is 0 Å². The highest BCUT2D eigenvalue weighted by Gasteiger charge is 2.12. The largest absolute Gasteiger partial charge is 0.308 e. The van der Waals surface area contributed by atoms with Gasteiger partial charge in [0.1, 0.15) is 0 Å². The normalized spacial score (nSPS) is 11.8. The zero-order chi connectivity index (χ0) is 14.8. The van der Waals surface area contributed by atoms with Gasteiger partial charge in [-0.25, -0.2) is 0 Å². The highest BCUT2D eigenvalue weighted by atomic mass is 79.9. The molecule has 1 N–H and O–H groups in total. The second-order valence-electron chi connectivity index (χ2n) is 5.98. The number of halogens is 1. The summed E-state index contributed by atoms with van der Waals surface area (Å²) in [5.74, 6) is 0. The number of nitrogens with one attached hydrogen (secondary N) is 1. The molecular formula is C15H21BrN4. The van der Waals surface area contributed by atoms with E-state index in [4.69, 9.17) is 0 Å². The summed E-state index contributed by atoms with van der Waals surface area (Å²) in [5, 5.41) is 7.95. The van der Waals surface area contributed by atoms with E-state index in [0.29, 0.717) is 6.54 Å². The molecule has 0 fully saturated rings. The van der Waals surface area contributed by atoms with Gasteiger partial charge < -0.3 is 5.32 Å². The lowest BCUT2D eigenvalue weighted by molar-refractivity contribution is 0.423. The van der Waals surface area contributed by atoms with Gasteiger partial charge in [0.2, 0.25) is 0 Å². The molecule has 2 rings (SSSR count). The highest BCUT2D eigenvalue weighted by Crippen LogP contribution is 2.12. The fourth-order valence-corrected chi connectivity index (χ4v) is 2.07. The Labute approximate surface area is 128 Å². The van der Waals surface area contributed by atoms with Gasteiger partial charge in [0.25, 0.3) is 0 Å². The number of nitrogens with zero attached hydrogens (tertiary/aromatic N) is 3. The maximum absolute atomic E-state index is 4.46. The Morgan fingerprint density at radius 2 is 2.00 bits per heavy atom. The van der Waals surface area contributed by atoms with Crippen LogP contribution in [0.1, 0.15) is 37.7 Å². The van der Waals surface area contributed by atoms with Crippen molar-refractivity contribution in [1.82, 2.24) is 20.1 Å². The van der Waals surface area contributed by atoms with E-state index < -0.39 is 0 Å². The molecule has 0 aliphatic heterocycles. The summed E-state index contributed by atoms with van der Waals surface area (Å²) < 4.78 is 2.99. The van der Waals surface area contributed by atoms with Crippen molar-refractivity contribution in [2.24, 2.45) is 0 Å². The summed E-state index contributed by atoms with van der Waals surface area (Å²) in [5.41, 5.74) is 3.54. The third-order valence-electron chi connectivity index (χ3n) is 3.11. The molecule has 0 unspecified atom stereocenters. The summed E-state index contributed by atoms with van der Waals surface area (Å²) in [6.45, 7) is 10.1. The fourth-order valence-electron chi connectivity index (χ4n) is 1.83. The minimum atomic E-state index is 0.113. The van der Waals surface area contributed by atoms with Crippen LogP contribution in [0, 0.1) is 6.92 Å². The Morgan fingerprint density at radius 1 is 1.25 bits per heavy atom. The molecule has 0 aliphatic carbocycles. The van der Waals surface area contributed by atoms with Gasteiger partial charge in [-0.05, 0) is 55.8 Å². The molecule has 0 aromatic carbocycles. The van der Waals surface area contributed by atoms with Crippen LogP contribution >= 0.6 is 15.9 Å². The van der Waals surface area contributed by atoms with E-state index in [1.807, 2.05) is 29.2 Å². The van der Waals surface area contributed by atoms with Gasteiger partial charge in [0, 0.05) is 34.0 Å². The molecule has 0 aliphatic rings. The van der Waals surface area contributed by atoms with Crippen molar-refractivity contribution in [3.05, 3.63) is 46.0 Å². The van der Waals surface area contributed by atoms with Gasteiger partial charge in [-0.1, -0.05) is 0 Å². The van der Waals surface area contributed by atoms with Crippen LogP contribution < -0.4 is 5.32 Å². The molecule has 108 valence electrons. The second-order valence-corrected chi connectivity index (χ2v) is 6.90. The van der Waals surface area contributed by atoms with Crippen molar-refractivity contribution in [1.29, 1.82) is 0 Å². The molecule has 0 atom stereocenters. The first-order valence-electron chi connectivity index (χ1n) is 6.72. The second kappa shape index (κ2) is 6.06. The first kappa shape index (κ1) is 15.2. The predicted molar refractivity (Wildman–Crippen MR) is 84.6 cm³/mol. The summed E-state index contributed by atoms with van der Waals surface area (Å²) in [6, 6.07) is 4.02. The van der Waals surface area contributed by atoms with E-state index in [9.17, 15) is 0 Å². The van der Waals surface area contributed by atoms with Crippen molar-refractivity contribution in [3.63, 3.8) is 0 Å². The minimum Gasteiger partial charge on any atom is -0.308 e. The molecule has 0 spiro atoms. The maximum atomic E-state index is 4.46. The molecule has 2 aromatic rings. The quantitative estimate of drug-likeness (QED) is 0.931. The smallest absolute Gasteiger partial charge is 0.0834 e. The number of rotatable bonds is 4. The molecule has 0 saturated carbocycles. The predicted octanol–water partition coefficient (Wildman–Crippen LogP) is 3.29. The minimum absolute atomic E-state index is 0.113. The van der Waals surface area contributed by atoms with E-state index in [1.54, 1.807) is 0 Å². The monoisotopic (exact) mass is 336 g/mol. The maximum Gasteiger partial charge on any atom is 0.0834 e. The fraction of sp³-hybridized carbons (Fsp3) is 0.467. The lowest BCUT2D eigenvalue weighted by Gasteiger charge is -2.20. The third kappa shape index (κ3) is 4.15. The van der Waals surface area contributed by atoms with Crippen molar-refractivity contribution in [2.45, 2.75) is 46.3 Å². The summed E-state index contributed by atoms with van der Waals surface area (Å²) in [6.07, 6.45) is 3.75. The molecule has 20 heavy (non-hydrogen) atoms. The van der Waals surface area contributed by atoms with Crippen molar-refractivity contribution in [2.75, 3.05) is 0 Å². The molecular weight excluding hydrogens is 316 g/mol. The van der Waals surface area contributed by atoms with E-state index in [0.717, 1.165) is 16.7 Å². The lowest BCUT2D eigenvalue weighted by atomic mass is 10.1. The molecule has 0 radical (unpaired) electrons. The van der Waals surface area contributed by atoms with Gasteiger partial charge in [0.05, 0.1) is 18.4 Å². The van der Waals surface area contributed by atoms with Gasteiger partial charge in [-0.15, -0.1) is 0 Å². The zero-order valence-electron chi connectivity index (χ0n) is 12.4. The van der Waals surface area contributed by atoms with E-state index >= 15 is 0 Å². The molecule has 0 amide bonds. The number of hydrogen-bond acceptors (Lipinski definition) is 3. The molecule has 4 nitrogen and oxygen atoms in total. The Balaban J connectivity index is 2.07. The molecule has 0 saturated heterocycles. The zero-order valence-corrected chi connectivity index (χ0v) is 14.0. The molecule has 2 aromatic heterocycles. The van der Waals surface area contributed by atoms with Crippen LogP contribution in [0.2, 0.25) is 0 Å². The van der Waals surface area contributed by atoms with Crippen LogP contribution in [0.15, 0.2) is 29.0 Å². The van der Waals surface area contributed by atoms with Crippen LogP contribution in [-0.2, 0) is 13.1 Å². The summed E-state index contributed by atoms with van der Waals surface area (Å²) in [7, 11) is 0. The van der Waals surface area contributed by atoms with Gasteiger partial charge in [-0.3, -0.25) is 9.67 Å². The van der Waals surface area contributed by atoms with Gasteiger partial charge in [-0.2, -0.15) is 5.10 Å². The first-order valence-corrected chi connectivity index (χ1v) is 7.51. The van der Waals surface area contributed by atoms with E-state index in [-0.39, 0.29) is 5.54 Å². The lowest BCUT2D eigenvalue weighted by Crippen LogP contribution is -2.35. The standard InChI is InChI=1S/C15H21BrN4/c1-11-12(7-18-15(2,3)4)8-19-20(11)10-14-6-5-13(16)9-17-14/h5-6,8-9,18H,7,10H2,1-4H3. The van der Waals surface area contributed by atoms with Gasteiger partial charge in [0.15, 0.2) is 0 Å². The van der Waals surface area contributed by atoms with Crippen molar-refractivity contribution < 1.29 is 0 Å². The van der Waals surface area contributed by atoms with Gasteiger partial charge >= 0.3 is 0 Å². The average molecular weight is 337 g/mol. The third-order valence-corrected chi connectivity index (χ3v) is 3.58. The van der Waals surface area contributed by atoms with Crippen molar-refractivity contribution in [3.8, 4) is 0 Å². The number of aromatic nitrogens is 3. The summed E-state index contributed by atoms with van der Waals surface area (Å²) in [4.78, 5) is 4.39. The van der Waals surface area contributed by atoms with E-state index in [2.05, 4.69) is 59.0 Å². The topological polar surface area (TPSA) is 42.7 Å². The van der Waals surface area contributed by atoms with Crippen LogP contribution in [0.4, 0.5) is 0 Å². The summed E-state index contributed by atoms with van der Waals surface area (Å²) >= 11 is 3.40. The van der Waals surface area contributed by atoms with E-state index in [1.165, 1.54) is 11.3 Å². The Morgan fingerprint density at radius 3 is 2.60 bits per heavy atom. The Hall–Kier alpha value is -1.20. The molecule has 0 bridgehead atoms. The van der Waals surface area contributed by atoms with Crippen molar-refractivity contribution >= 4 is 15.9 Å². The first-order chi connectivity index (χ1) is 9.35.